The molecule has 0 spiro atoms. The van der Waals surface area contributed by atoms with Crippen LogP contribution in [0.1, 0.15) is 0 Å². The molecule has 0 rings (SSSR count). The number of hydrogen-bond donors (Lipinski definition) is 0. The van der Waals surface area contributed by atoms with E-state index in [2.05, 4.69) is 27.0 Å². The summed E-state index contributed by atoms with van der Waals surface area (Å²) in [6.45, 7) is 3.48. The molecule has 0 fully saturated rings. The van der Waals surface area contributed by atoms with E-state index in [0.29, 0.717) is 0 Å². The molecule has 0 aliphatic heterocycles. The zero-order valence-electron chi connectivity index (χ0n) is 4.00. The van der Waals surface area contributed by atoms with Crippen molar-refractivity contribution in [1.29, 1.82) is 0 Å². The third-order valence-electron chi connectivity index (χ3n) is 0.144. The molecule has 0 bridgehead atoms. The number of hydrogen-bond acceptors (Lipinski definition) is 0. The minimum absolute atomic E-state index is 0. The first kappa shape index (κ1) is 43.0. The van der Waals surface area contributed by atoms with E-state index >= 15 is 0 Å². The topological polar surface area (TPSA) is 0 Å². The quantitative estimate of drug-likeness (QED) is 0.315. The van der Waals surface area contributed by atoms with Gasteiger partial charge in [0.15, 0.2) is 0 Å². The van der Waals surface area contributed by atoms with Crippen LogP contribution < -0.4 is 49.6 Å². The Bertz CT molecular complexity index is 29.8. The molecule has 0 N–H and O–H groups in total. The molecular formula is C3H6Cl4LiTi. The third-order valence-corrected chi connectivity index (χ3v) is 0.595. The molecule has 0 atom stereocenters. The number of rotatable bonds is 1. The first-order valence-electron chi connectivity index (χ1n) is 1.17. The fraction of sp³-hybridized carbons (Fsp3) is 0.333. The first-order valence-corrected chi connectivity index (χ1v) is 2.27. The molecule has 0 nitrogen and oxygen atoms in total. The summed E-state index contributed by atoms with van der Waals surface area (Å²) in [5.74, 6) is 0. The van der Waals surface area contributed by atoms with Crippen LogP contribution in [0.4, 0.5) is 0 Å². The van der Waals surface area contributed by atoms with E-state index in [4.69, 9.17) is 0 Å². The zero-order chi connectivity index (χ0) is 3.41. The second kappa shape index (κ2) is 48.8. The van der Waals surface area contributed by atoms with Gasteiger partial charge in [-0.2, -0.15) is 0 Å². The van der Waals surface area contributed by atoms with Crippen molar-refractivity contribution in [1.82, 2.24) is 0 Å². The van der Waals surface area contributed by atoms with E-state index in [-0.39, 0.29) is 68.5 Å². The minimum atomic E-state index is 0. The van der Waals surface area contributed by atoms with Crippen LogP contribution >= 0.6 is 0 Å². The molecule has 0 aromatic heterocycles. The van der Waals surface area contributed by atoms with Gasteiger partial charge in [0, 0.05) is 0 Å². The molecule has 0 aliphatic carbocycles. The van der Waals surface area contributed by atoms with Crippen LogP contribution in [0.25, 0.3) is 0 Å². The van der Waals surface area contributed by atoms with Crippen LogP contribution in [-0.4, -0.2) is 18.9 Å². The summed E-state index contributed by atoms with van der Waals surface area (Å²) in [5, 5.41) is 0. The van der Waals surface area contributed by atoms with Gasteiger partial charge in [0.2, 0.25) is 0 Å². The summed E-state index contributed by atoms with van der Waals surface area (Å²) in [4.78, 5) is 0. The maximum absolute atomic E-state index is 3.48. The molecule has 51 valence electrons. The van der Waals surface area contributed by atoms with Gasteiger partial charge in [-0.1, -0.05) is 0 Å². The Morgan fingerprint density at radius 1 is 1.11 bits per heavy atom. The van der Waals surface area contributed by atoms with Crippen LogP contribution in [-0.2, 0) is 20.4 Å². The maximum atomic E-state index is 3.48. The molecule has 0 radical (unpaired) electrons. The Kier molecular flexibility index (Phi) is 234. The van der Waals surface area contributed by atoms with Crippen LogP contribution in [0.15, 0.2) is 12.7 Å². The van der Waals surface area contributed by atoms with Gasteiger partial charge in [-0.15, -0.1) is 0 Å². The summed E-state index contributed by atoms with van der Waals surface area (Å²) < 4.78 is 1.08. The summed E-state index contributed by atoms with van der Waals surface area (Å²) in [6, 6.07) is 0. The van der Waals surface area contributed by atoms with Crippen LogP contribution in [0, 0.1) is 0 Å². The van der Waals surface area contributed by atoms with Crippen molar-refractivity contribution in [2.24, 2.45) is 0 Å². The van der Waals surface area contributed by atoms with Gasteiger partial charge < -0.3 is 49.6 Å². The molecule has 0 saturated carbocycles. The first-order chi connectivity index (χ1) is 1.91. The predicted molar refractivity (Wildman–Crippen MR) is 22.2 cm³/mol. The Labute approximate surface area is 105 Å². The van der Waals surface area contributed by atoms with Crippen molar-refractivity contribution >= 4 is 18.9 Å². The molecule has 0 saturated heterocycles. The van der Waals surface area contributed by atoms with E-state index in [0.717, 1.165) is 4.73 Å². The van der Waals surface area contributed by atoms with E-state index < -0.39 is 0 Å². The molecule has 0 amide bonds. The second-order valence-corrected chi connectivity index (χ2v) is 1.13. The normalized spacial score (nSPS) is 2.89. The van der Waals surface area contributed by atoms with Crippen LogP contribution in [0.2, 0.25) is 4.73 Å². The summed E-state index contributed by atoms with van der Waals surface area (Å²) in [6.07, 6.45) is 1.88. The molecule has 0 aromatic carbocycles. The van der Waals surface area contributed by atoms with E-state index in [1.54, 1.807) is 0 Å². The second-order valence-electron chi connectivity index (χ2n) is 0.493. The molecule has 0 unspecified atom stereocenters. The van der Waals surface area contributed by atoms with E-state index in [1.807, 2.05) is 6.08 Å². The average Bonchev–Trinajstić information content (AvgIpc) is 1.37. The summed E-state index contributed by atoms with van der Waals surface area (Å²) >= 11 is 2.06. The number of halogens is 4. The molecule has 0 aromatic rings. The van der Waals surface area contributed by atoms with Crippen molar-refractivity contribution in [2.75, 3.05) is 0 Å². The SMILES string of the molecule is C=C[CH2][Ti+4].[Cl-].[Cl-].[Cl-].[Cl-].[LiH]. The van der Waals surface area contributed by atoms with Crippen LogP contribution in [0.5, 0.6) is 0 Å². The molecule has 0 heterocycles. The van der Waals surface area contributed by atoms with Gasteiger partial charge in [-0.3, -0.25) is 0 Å². The van der Waals surface area contributed by atoms with Gasteiger partial charge in [0.05, 0.1) is 0 Å². The standard InChI is InChI=1S/C3H5.4ClH.Li.Ti.H/c1-3-2;;;;;;;/h3H,1-2H2;4*1H;;;/q;;;;;;+4;/p-4. The molecule has 6 heteroatoms. The molecule has 0 aliphatic rings. The predicted octanol–water partition coefficient (Wildman–Crippen LogP) is -11.5. The third kappa shape index (κ3) is 66.8. The fourth-order valence-electron chi connectivity index (χ4n) is 0. The van der Waals surface area contributed by atoms with Gasteiger partial charge in [0.25, 0.3) is 0 Å². The van der Waals surface area contributed by atoms with Crippen molar-refractivity contribution in [3.05, 3.63) is 12.7 Å². The van der Waals surface area contributed by atoms with Gasteiger partial charge in [0.1, 0.15) is 0 Å². The van der Waals surface area contributed by atoms with Crippen molar-refractivity contribution in [3.8, 4) is 0 Å². The van der Waals surface area contributed by atoms with Crippen LogP contribution in [0.3, 0.4) is 0 Å². The van der Waals surface area contributed by atoms with Gasteiger partial charge in [-0.25, -0.2) is 0 Å². The van der Waals surface area contributed by atoms with Gasteiger partial charge in [-0.05, 0) is 0 Å². The van der Waals surface area contributed by atoms with Crippen molar-refractivity contribution < 1.29 is 70.1 Å². The molecule has 9 heavy (non-hydrogen) atoms. The zero-order valence-corrected chi connectivity index (χ0v) is 8.59. The summed E-state index contributed by atoms with van der Waals surface area (Å²) in [7, 11) is 0. The molecular weight excluding hydrogens is 233 g/mol. The van der Waals surface area contributed by atoms with Crippen molar-refractivity contribution in [2.45, 2.75) is 4.73 Å². The fourth-order valence-corrected chi connectivity index (χ4v) is 0. The van der Waals surface area contributed by atoms with E-state index in [9.17, 15) is 0 Å². The van der Waals surface area contributed by atoms with Gasteiger partial charge >= 0.3 is 56.7 Å². The van der Waals surface area contributed by atoms with E-state index in [1.165, 1.54) is 0 Å². The monoisotopic (exact) mass is 237 g/mol. The Morgan fingerprint density at radius 3 is 1.22 bits per heavy atom. The Balaban J connectivity index is -0.00000000450. The summed E-state index contributed by atoms with van der Waals surface area (Å²) in [5.41, 5.74) is 0. The Hall–Kier alpha value is 2.21. The number of allylic oxidation sites excluding steroid dienone is 1. The van der Waals surface area contributed by atoms with Crippen molar-refractivity contribution in [3.63, 3.8) is 0 Å². The average molecular weight is 239 g/mol. The Morgan fingerprint density at radius 2 is 1.22 bits per heavy atom.